The molecule has 0 saturated carbocycles. The second-order valence-electron chi connectivity index (χ2n) is 4.21. The number of hydrogen-bond donors (Lipinski definition) is 1. The number of methoxy groups -OCH3 is 1. The Morgan fingerprint density at radius 2 is 2.11 bits per heavy atom. The van der Waals surface area contributed by atoms with Gasteiger partial charge in [-0.25, -0.2) is 0 Å². The third-order valence-corrected chi connectivity index (χ3v) is 3.19. The van der Waals surface area contributed by atoms with Gasteiger partial charge >= 0.3 is 0 Å². The average Bonchev–Trinajstić information content (AvgIpc) is 2.45. The van der Waals surface area contributed by atoms with Gasteiger partial charge in [-0.1, -0.05) is 30.7 Å². The summed E-state index contributed by atoms with van der Waals surface area (Å²) in [4.78, 5) is 4.15. The first-order valence-electron chi connectivity index (χ1n) is 6.23. The molecule has 0 aliphatic carbocycles. The minimum absolute atomic E-state index is 0.727. The number of pyridine rings is 1. The third-order valence-electron chi connectivity index (χ3n) is 2.87. The van der Waals surface area contributed by atoms with Crippen molar-refractivity contribution in [3.63, 3.8) is 0 Å². The average molecular weight is 277 g/mol. The second-order valence-corrected chi connectivity index (χ2v) is 4.62. The minimum atomic E-state index is 0.727. The van der Waals surface area contributed by atoms with E-state index in [0.717, 1.165) is 35.0 Å². The molecule has 0 fully saturated rings. The molecule has 1 N–H and O–H groups in total. The lowest BCUT2D eigenvalue weighted by Gasteiger charge is -2.08. The molecule has 0 unspecified atom stereocenters. The lowest BCUT2D eigenvalue weighted by molar-refractivity contribution is 0.413. The fraction of sp³-hybridized carbons (Fsp3) is 0.267. The molecule has 1 aromatic carbocycles. The third kappa shape index (κ3) is 3.46. The number of nitrogens with zero attached hydrogens (tertiary/aromatic N) is 1. The molecule has 0 spiro atoms. The van der Waals surface area contributed by atoms with Gasteiger partial charge in [-0.15, -0.1) is 0 Å². The van der Waals surface area contributed by atoms with Crippen LogP contribution in [0.4, 0.5) is 0 Å². The van der Waals surface area contributed by atoms with E-state index in [4.69, 9.17) is 16.3 Å². The van der Waals surface area contributed by atoms with E-state index in [1.165, 1.54) is 5.56 Å². The molecule has 0 atom stereocenters. The van der Waals surface area contributed by atoms with Crippen LogP contribution >= 0.6 is 11.6 Å². The summed E-state index contributed by atoms with van der Waals surface area (Å²) in [7, 11) is 1.63. The van der Waals surface area contributed by atoms with Crippen molar-refractivity contribution in [2.45, 2.75) is 13.5 Å². The van der Waals surface area contributed by atoms with Gasteiger partial charge in [0.2, 0.25) is 0 Å². The SMILES string of the molecule is CCNCc1ccc(-c2cncc(OC)c2)c(Cl)c1. The molecule has 2 rings (SSSR count). The highest BCUT2D eigenvalue weighted by molar-refractivity contribution is 6.33. The van der Waals surface area contributed by atoms with Crippen molar-refractivity contribution in [2.75, 3.05) is 13.7 Å². The van der Waals surface area contributed by atoms with Crippen molar-refractivity contribution in [1.82, 2.24) is 10.3 Å². The maximum Gasteiger partial charge on any atom is 0.137 e. The molecule has 3 nitrogen and oxygen atoms in total. The Balaban J connectivity index is 2.29. The van der Waals surface area contributed by atoms with Gasteiger partial charge in [-0.05, 0) is 24.2 Å². The van der Waals surface area contributed by atoms with Gasteiger partial charge in [0.05, 0.1) is 13.3 Å². The molecule has 0 amide bonds. The van der Waals surface area contributed by atoms with Crippen molar-refractivity contribution >= 4 is 11.6 Å². The summed E-state index contributed by atoms with van der Waals surface area (Å²) >= 11 is 6.34. The van der Waals surface area contributed by atoms with Gasteiger partial charge in [0.25, 0.3) is 0 Å². The summed E-state index contributed by atoms with van der Waals surface area (Å²) in [5, 5.41) is 4.01. The van der Waals surface area contributed by atoms with E-state index in [1.807, 2.05) is 18.2 Å². The number of benzene rings is 1. The molecule has 1 heterocycles. The summed E-state index contributed by atoms with van der Waals surface area (Å²) < 4.78 is 5.18. The quantitative estimate of drug-likeness (QED) is 0.907. The first kappa shape index (κ1) is 13.8. The molecular formula is C15H17ClN2O. The Kier molecular flexibility index (Phi) is 4.77. The molecule has 0 aliphatic rings. The van der Waals surface area contributed by atoms with Gasteiger partial charge in [0.1, 0.15) is 5.75 Å². The first-order valence-corrected chi connectivity index (χ1v) is 6.61. The Morgan fingerprint density at radius 1 is 1.26 bits per heavy atom. The zero-order valence-corrected chi connectivity index (χ0v) is 11.9. The van der Waals surface area contributed by atoms with Gasteiger partial charge < -0.3 is 10.1 Å². The van der Waals surface area contributed by atoms with Gasteiger partial charge in [-0.3, -0.25) is 4.98 Å². The van der Waals surface area contributed by atoms with E-state index in [9.17, 15) is 0 Å². The minimum Gasteiger partial charge on any atom is -0.495 e. The second kappa shape index (κ2) is 6.55. The zero-order chi connectivity index (χ0) is 13.7. The van der Waals surface area contributed by atoms with Crippen LogP contribution in [0.5, 0.6) is 5.75 Å². The summed E-state index contributed by atoms with van der Waals surface area (Å²) in [5.74, 6) is 0.727. The van der Waals surface area contributed by atoms with E-state index in [-0.39, 0.29) is 0 Å². The lowest BCUT2D eigenvalue weighted by atomic mass is 10.1. The Hall–Kier alpha value is -1.58. The number of nitrogens with one attached hydrogen (secondary N) is 1. The standard InChI is InChI=1S/C15H17ClN2O/c1-3-17-8-11-4-5-14(15(16)6-11)12-7-13(19-2)10-18-9-12/h4-7,9-10,17H,3,8H2,1-2H3. The normalized spacial score (nSPS) is 10.5. The molecule has 19 heavy (non-hydrogen) atoms. The van der Waals surface area contributed by atoms with E-state index >= 15 is 0 Å². The number of halogens is 1. The van der Waals surface area contributed by atoms with Crippen molar-refractivity contribution in [3.05, 3.63) is 47.2 Å². The smallest absolute Gasteiger partial charge is 0.137 e. The van der Waals surface area contributed by atoms with Crippen molar-refractivity contribution in [2.24, 2.45) is 0 Å². The van der Waals surface area contributed by atoms with Crippen LogP contribution in [-0.2, 0) is 6.54 Å². The molecule has 2 aromatic rings. The van der Waals surface area contributed by atoms with Crippen molar-refractivity contribution in [3.8, 4) is 16.9 Å². The van der Waals surface area contributed by atoms with E-state index in [2.05, 4.69) is 23.3 Å². The van der Waals surface area contributed by atoms with Crippen LogP contribution in [0.1, 0.15) is 12.5 Å². The summed E-state index contributed by atoms with van der Waals surface area (Å²) in [5.41, 5.74) is 3.10. The van der Waals surface area contributed by atoms with Gasteiger partial charge in [0, 0.05) is 28.9 Å². The van der Waals surface area contributed by atoms with Crippen LogP contribution in [0.3, 0.4) is 0 Å². The van der Waals surface area contributed by atoms with Gasteiger partial charge in [-0.2, -0.15) is 0 Å². The summed E-state index contributed by atoms with van der Waals surface area (Å²) in [6.45, 7) is 3.85. The van der Waals surface area contributed by atoms with Crippen LogP contribution in [0.15, 0.2) is 36.7 Å². The highest BCUT2D eigenvalue weighted by atomic mass is 35.5. The maximum atomic E-state index is 6.34. The van der Waals surface area contributed by atoms with E-state index in [1.54, 1.807) is 19.5 Å². The maximum absolute atomic E-state index is 6.34. The highest BCUT2D eigenvalue weighted by Crippen LogP contribution is 2.30. The molecule has 1 aromatic heterocycles. The highest BCUT2D eigenvalue weighted by Gasteiger charge is 2.06. The number of rotatable bonds is 5. The molecule has 0 saturated heterocycles. The van der Waals surface area contributed by atoms with Gasteiger partial charge in [0.15, 0.2) is 0 Å². The molecule has 4 heteroatoms. The van der Waals surface area contributed by atoms with Crippen LogP contribution in [0.2, 0.25) is 5.02 Å². The van der Waals surface area contributed by atoms with Crippen LogP contribution in [0, 0.1) is 0 Å². The van der Waals surface area contributed by atoms with E-state index in [0.29, 0.717) is 0 Å². The van der Waals surface area contributed by atoms with E-state index < -0.39 is 0 Å². The predicted octanol–water partition coefficient (Wildman–Crippen LogP) is 3.52. The first-order chi connectivity index (χ1) is 9.24. The monoisotopic (exact) mass is 276 g/mol. The fourth-order valence-corrected chi connectivity index (χ4v) is 2.16. The zero-order valence-electron chi connectivity index (χ0n) is 11.1. The molecular weight excluding hydrogens is 260 g/mol. The number of ether oxygens (including phenoxy) is 1. The Morgan fingerprint density at radius 3 is 2.79 bits per heavy atom. The topological polar surface area (TPSA) is 34.2 Å². The number of aromatic nitrogens is 1. The van der Waals surface area contributed by atoms with Crippen molar-refractivity contribution in [1.29, 1.82) is 0 Å². The fourth-order valence-electron chi connectivity index (χ4n) is 1.85. The van der Waals surface area contributed by atoms with Crippen LogP contribution in [-0.4, -0.2) is 18.6 Å². The van der Waals surface area contributed by atoms with Crippen molar-refractivity contribution < 1.29 is 4.74 Å². The molecule has 0 bridgehead atoms. The largest absolute Gasteiger partial charge is 0.495 e. The number of hydrogen-bond acceptors (Lipinski definition) is 3. The predicted molar refractivity (Wildman–Crippen MR) is 78.6 cm³/mol. The lowest BCUT2D eigenvalue weighted by Crippen LogP contribution is -2.11. The van der Waals surface area contributed by atoms with Crippen LogP contribution in [0.25, 0.3) is 11.1 Å². The summed E-state index contributed by atoms with van der Waals surface area (Å²) in [6.07, 6.45) is 3.46. The molecule has 100 valence electrons. The van der Waals surface area contributed by atoms with Crippen LogP contribution < -0.4 is 10.1 Å². The molecule has 0 radical (unpaired) electrons. The molecule has 0 aliphatic heterocycles. The Labute approximate surface area is 118 Å². The Bertz CT molecular complexity index is 558. The summed E-state index contributed by atoms with van der Waals surface area (Å²) in [6, 6.07) is 8.01.